The highest BCUT2D eigenvalue weighted by atomic mass is 19.1. The summed E-state index contributed by atoms with van der Waals surface area (Å²) < 4.78 is 15.5. The average molecular weight is 261 g/mol. The lowest BCUT2D eigenvalue weighted by atomic mass is 10.2. The van der Waals surface area contributed by atoms with Gasteiger partial charge in [0.25, 0.3) is 5.56 Å². The minimum atomic E-state index is -1.15. The first kappa shape index (κ1) is 11.4. The van der Waals surface area contributed by atoms with Crippen LogP contribution in [0, 0.1) is 5.82 Å². The van der Waals surface area contributed by atoms with E-state index < -0.39 is 23.9 Å². The van der Waals surface area contributed by atoms with E-state index in [-0.39, 0.29) is 5.52 Å². The van der Waals surface area contributed by atoms with Gasteiger partial charge in [0, 0.05) is 5.39 Å². The van der Waals surface area contributed by atoms with Crippen molar-refractivity contribution in [2.45, 2.75) is 6.54 Å². The zero-order valence-electron chi connectivity index (χ0n) is 9.58. The molecule has 0 aliphatic carbocycles. The quantitative estimate of drug-likeness (QED) is 0.742. The maximum atomic E-state index is 13.1. The summed E-state index contributed by atoms with van der Waals surface area (Å²) in [6.07, 6.45) is 1.35. The molecule has 1 aromatic carbocycles. The Hall–Kier alpha value is -2.70. The van der Waals surface area contributed by atoms with Crippen molar-refractivity contribution in [2.24, 2.45) is 0 Å². The van der Waals surface area contributed by atoms with E-state index in [1.807, 2.05) is 0 Å². The van der Waals surface area contributed by atoms with E-state index >= 15 is 0 Å². The molecular weight excluding hydrogens is 253 g/mol. The van der Waals surface area contributed by atoms with Crippen molar-refractivity contribution in [3.05, 3.63) is 46.8 Å². The van der Waals surface area contributed by atoms with Crippen LogP contribution >= 0.6 is 0 Å². The summed E-state index contributed by atoms with van der Waals surface area (Å²) in [6, 6.07) is 5.65. The number of fused-ring (bicyclic) bond motifs is 3. The predicted molar refractivity (Wildman–Crippen MR) is 64.6 cm³/mol. The predicted octanol–water partition coefficient (Wildman–Crippen LogP) is 0.873. The second-order valence-electron chi connectivity index (χ2n) is 4.09. The van der Waals surface area contributed by atoms with E-state index in [1.165, 1.54) is 28.9 Å². The molecule has 0 saturated carbocycles. The summed E-state index contributed by atoms with van der Waals surface area (Å²) >= 11 is 0. The molecule has 3 rings (SSSR count). The van der Waals surface area contributed by atoms with Crippen LogP contribution < -0.4 is 5.56 Å². The molecule has 0 aliphatic rings. The van der Waals surface area contributed by atoms with Gasteiger partial charge in [-0.2, -0.15) is 5.10 Å². The lowest BCUT2D eigenvalue weighted by Gasteiger charge is -2.01. The second kappa shape index (κ2) is 3.91. The van der Waals surface area contributed by atoms with Gasteiger partial charge in [0.1, 0.15) is 24.2 Å². The van der Waals surface area contributed by atoms with Gasteiger partial charge in [0.15, 0.2) is 0 Å². The third kappa shape index (κ3) is 1.75. The van der Waals surface area contributed by atoms with Crippen molar-refractivity contribution >= 4 is 22.4 Å². The van der Waals surface area contributed by atoms with Crippen LogP contribution in [0.5, 0.6) is 0 Å². The number of nitrogens with zero attached hydrogens (tertiary/aromatic N) is 3. The van der Waals surface area contributed by atoms with Gasteiger partial charge < -0.3 is 5.11 Å². The Morgan fingerprint density at radius 3 is 2.84 bits per heavy atom. The van der Waals surface area contributed by atoms with Crippen LogP contribution in [0.15, 0.2) is 35.4 Å². The summed E-state index contributed by atoms with van der Waals surface area (Å²) in [5.41, 5.74) is 0.377. The molecule has 0 radical (unpaired) electrons. The second-order valence-corrected chi connectivity index (χ2v) is 4.09. The molecule has 0 atom stereocenters. The van der Waals surface area contributed by atoms with Crippen molar-refractivity contribution < 1.29 is 14.3 Å². The fraction of sp³-hybridized carbons (Fsp3) is 0.0833. The van der Waals surface area contributed by atoms with Crippen LogP contribution in [0.2, 0.25) is 0 Å². The van der Waals surface area contributed by atoms with Gasteiger partial charge in [-0.25, -0.2) is 9.07 Å². The molecular formula is C12H8FN3O3. The Kier molecular flexibility index (Phi) is 2.34. The molecule has 0 unspecified atom stereocenters. The zero-order chi connectivity index (χ0) is 13.6. The minimum Gasteiger partial charge on any atom is -0.480 e. The Morgan fingerprint density at radius 2 is 2.11 bits per heavy atom. The summed E-state index contributed by atoms with van der Waals surface area (Å²) in [5.74, 6) is -1.55. The molecule has 96 valence electrons. The first-order valence-electron chi connectivity index (χ1n) is 5.44. The molecule has 0 fully saturated rings. The van der Waals surface area contributed by atoms with E-state index in [9.17, 15) is 14.0 Å². The molecule has 1 N–H and O–H groups in total. The number of hydrogen-bond acceptors (Lipinski definition) is 3. The monoisotopic (exact) mass is 261 g/mol. The maximum Gasteiger partial charge on any atom is 0.325 e. The van der Waals surface area contributed by atoms with Crippen molar-refractivity contribution in [3.8, 4) is 0 Å². The SMILES string of the molecule is O=C(O)Cn1ncn2c(cc3cc(F)ccc32)c1=O. The van der Waals surface area contributed by atoms with Crippen molar-refractivity contribution in [3.63, 3.8) is 0 Å². The van der Waals surface area contributed by atoms with Crippen molar-refractivity contribution in [2.75, 3.05) is 0 Å². The molecule has 3 aromatic rings. The number of aliphatic carboxylic acids is 1. The molecule has 7 heteroatoms. The Labute approximate surface area is 105 Å². The molecule has 0 spiro atoms. The van der Waals surface area contributed by atoms with E-state index in [4.69, 9.17) is 5.11 Å². The van der Waals surface area contributed by atoms with Crippen LogP contribution in [0.3, 0.4) is 0 Å². The smallest absolute Gasteiger partial charge is 0.325 e. The number of rotatable bonds is 2. The third-order valence-corrected chi connectivity index (χ3v) is 2.85. The normalized spacial score (nSPS) is 11.2. The van der Waals surface area contributed by atoms with Crippen LogP contribution in [0.4, 0.5) is 4.39 Å². The molecule has 0 bridgehead atoms. The molecule has 2 aromatic heterocycles. The fourth-order valence-corrected chi connectivity index (χ4v) is 2.04. The summed E-state index contributed by atoms with van der Waals surface area (Å²) in [4.78, 5) is 22.7. The molecule has 0 saturated heterocycles. The largest absolute Gasteiger partial charge is 0.480 e. The Morgan fingerprint density at radius 1 is 1.32 bits per heavy atom. The molecule has 19 heavy (non-hydrogen) atoms. The van der Waals surface area contributed by atoms with E-state index in [2.05, 4.69) is 5.10 Å². The van der Waals surface area contributed by atoms with Gasteiger partial charge in [-0.05, 0) is 24.3 Å². The molecule has 0 aliphatic heterocycles. The highest BCUT2D eigenvalue weighted by Gasteiger charge is 2.11. The van der Waals surface area contributed by atoms with Gasteiger partial charge in [-0.1, -0.05) is 0 Å². The number of hydrogen-bond donors (Lipinski definition) is 1. The lowest BCUT2D eigenvalue weighted by molar-refractivity contribution is -0.138. The van der Waals surface area contributed by atoms with Crippen molar-refractivity contribution in [1.29, 1.82) is 0 Å². The van der Waals surface area contributed by atoms with Crippen LogP contribution in [-0.2, 0) is 11.3 Å². The number of aromatic nitrogens is 3. The summed E-state index contributed by atoms with van der Waals surface area (Å²) in [7, 11) is 0. The summed E-state index contributed by atoms with van der Waals surface area (Å²) in [5, 5.41) is 13.0. The minimum absolute atomic E-state index is 0.261. The van der Waals surface area contributed by atoms with Gasteiger partial charge >= 0.3 is 5.97 Å². The lowest BCUT2D eigenvalue weighted by Crippen LogP contribution is -2.27. The van der Waals surface area contributed by atoms with E-state index in [0.29, 0.717) is 10.9 Å². The molecule has 6 nitrogen and oxygen atoms in total. The first-order valence-corrected chi connectivity index (χ1v) is 5.44. The Balaban J connectivity index is 2.34. The van der Waals surface area contributed by atoms with Crippen LogP contribution in [-0.4, -0.2) is 25.3 Å². The Bertz CT molecular complexity index is 866. The molecule has 2 heterocycles. The highest BCUT2D eigenvalue weighted by Crippen LogP contribution is 2.18. The van der Waals surface area contributed by atoms with E-state index in [0.717, 1.165) is 4.68 Å². The molecule has 0 amide bonds. The number of carboxylic acids is 1. The fourth-order valence-electron chi connectivity index (χ4n) is 2.04. The topological polar surface area (TPSA) is 76.6 Å². The summed E-state index contributed by atoms with van der Waals surface area (Å²) in [6.45, 7) is -0.509. The van der Waals surface area contributed by atoms with Crippen molar-refractivity contribution in [1.82, 2.24) is 14.2 Å². The highest BCUT2D eigenvalue weighted by molar-refractivity contribution is 5.86. The average Bonchev–Trinajstić information content (AvgIpc) is 2.70. The van der Waals surface area contributed by atoms with Gasteiger partial charge in [0.2, 0.25) is 0 Å². The van der Waals surface area contributed by atoms with Crippen LogP contribution in [0.1, 0.15) is 0 Å². The number of halogens is 1. The number of carboxylic acid groups (broad SMARTS) is 1. The van der Waals surface area contributed by atoms with Gasteiger partial charge in [0.05, 0.1) is 5.52 Å². The number of carbonyl (C=O) groups is 1. The maximum absolute atomic E-state index is 13.1. The van der Waals surface area contributed by atoms with Gasteiger partial charge in [-0.15, -0.1) is 0 Å². The van der Waals surface area contributed by atoms with E-state index in [1.54, 1.807) is 6.07 Å². The standard InChI is InChI=1S/C12H8FN3O3/c13-8-1-2-9-7(3-8)4-10-12(19)16(5-11(17)18)14-6-15(9)10/h1-4,6H,5H2,(H,17,18). The first-order chi connectivity index (χ1) is 9.06. The zero-order valence-corrected chi connectivity index (χ0v) is 9.58. The number of benzene rings is 1. The van der Waals surface area contributed by atoms with Gasteiger partial charge in [-0.3, -0.25) is 14.0 Å². The van der Waals surface area contributed by atoms with Crippen LogP contribution in [0.25, 0.3) is 16.4 Å². The third-order valence-electron chi connectivity index (χ3n) is 2.85.